The van der Waals surface area contributed by atoms with Gasteiger partial charge in [-0.15, -0.1) is 4.37 Å². The van der Waals surface area contributed by atoms with Crippen molar-refractivity contribution in [2.24, 2.45) is 0 Å². The lowest BCUT2D eigenvalue weighted by Crippen LogP contribution is -2.19. The first kappa shape index (κ1) is 15.1. The van der Waals surface area contributed by atoms with Crippen LogP contribution in [0.3, 0.4) is 0 Å². The molecule has 0 spiro atoms. The number of ether oxygens (including phenoxy) is 1. The molecule has 0 bridgehead atoms. The normalized spacial score (nSPS) is 14.3. The molecule has 0 saturated carbocycles. The highest BCUT2D eigenvalue weighted by Crippen LogP contribution is 2.34. The number of anilines is 1. The van der Waals surface area contributed by atoms with Crippen molar-refractivity contribution in [3.63, 3.8) is 0 Å². The molecule has 0 aliphatic carbocycles. The molecule has 0 N–H and O–H groups in total. The fraction of sp³-hybridized carbons (Fsp3) is 0.263. The van der Waals surface area contributed by atoms with Crippen molar-refractivity contribution in [1.82, 2.24) is 8.75 Å². The molecule has 122 valence electrons. The Balaban J connectivity index is 1.67. The minimum Gasteiger partial charge on any atom is -0.461 e. The topological polar surface area (TPSA) is 38.3 Å². The third kappa shape index (κ3) is 3.12. The zero-order valence-corrected chi connectivity index (χ0v) is 14.2. The van der Waals surface area contributed by atoms with Gasteiger partial charge in [0.05, 0.1) is 11.7 Å². The van der Waals surface area contributed by atoms with Gasteiger partial charge in [0.2, 0.25) is 5.82 Å². The van der Waals surface area contributed by atoms with Gasteiger partial charge in [-0.25, -0.2) is 0 Å². The number of aromatic nitrogens is 2. The van der Waals surface area contributed by atoms with Crippen LogP contribution >= 0.6 is 11.7 Å². The Labute approximate surface area is 146 Å². The van der Waals surface area contributed by atoms with Gasteiger partial charge < -0.3 is 9.64 Å². The SMILES string of the molecule is c1ccc(C(Oc2nsnc2N2CCCC2)c2ccccc2)cc1. The molecule has 4 nitrogen and oxygen atoms in total. The highest BCUT2D eigenvalue weighted by molar-refractivity contribution is 6.99. The lowest BCUT2D eigenvalue weighted by molar-refractivity contribution is 0.240. The summed E-state index contributed by atoms with van der Waals surface area (Å²) in [5.41, 5.74) is 2.23. The van der Waals surface area contributed by atoms with E-state index in [1.165, 1.54) is 24.6 Å². The molecule has 0 amide bonds. The molecule has 4 rings (SSSR count). The fourth-order valence-electron chi connectivity index (χ4n) is 3.07. The molecule has 3 aromatic rings. The van der Waals surface area contributed by atoms with Crippen LogP contribution in [0, 0.1) is 0 Å². The average Bonchev–Trinajstić information content (AvgIpc) is 3.32. The van der Waals surface area contributed by atoms with Gasteiger partial charge in [-0.2, -0.15) is 4.37 Å². The Bertz CT molecular complexity index is 730. The highest BCUT2D eigenvalue weighted by Gasteiger charge is 2.24. The summed E-state index contributed by atoms with van der Waals surface area (Å²) in [6, 6.07) is 20.5. The maximum atomic E-state index is 6.37. The lowest BCUT2D eigenvalue weighted by atomic mass is 10.0. The Hall–Kier alpha value is -2.40. The number of hydrogen-bond acceptors (Lipinski definition) is 5. The monoisotopic (exact) mass is 337 g/mol. The Morgan fingerprint density at radius 1 is 0.833 bits per heavy atom. The van der Waals surface area contributed by atoms with Gasteiger partial charge in [-0.3, -0.25) is 0 Å². The van der Waals surface area contributed by atoms with Gasteiger partial charge >= 0.3 is 0 Å². The van der Waals surface area contributed by atoms with E-state index in [4.69, 9.17) is 4.74 Å². The summed E-state index contributed by atoms with van der Waals surface area (Å²) in [5.74, 6) is 1.52. The second kappa shape index (κ2) is 7.01. The quantitative estimate of drug-likeness (QED) is 0.695. The van der Waals surface area contributed by atoms with Crippen molar-refractivity contribution in [3.8, 4) is 5.88 Å². The summed E-state index contributed by atoms with van der Waals surface area (Å²) in [6.45, 7) is 2.06. The van der Waals surface area contributed by atoms with Crippen LogP contribution in [-0.4, -0.2) is 21.8 Å². The molecule has 1 fully saturated rings. The summed E-state index contributed by atoms with van der Waals surface area (Å²) < 4.78 is 15.3. The first-order valence-corrected chi connectivity index (χ1v) is 8.99. The number of nitrogens with zero attached hydrogens (tertiary/aromatic N) is 3. The molecular weight excluding hydrogens is 318 g/mol. The summed E-state index contributed by atoms with van der Waals surface area (Å²) in [4.78, 5) is 2.27. The van der Waals surface area contributed by atoms with Crippen LogP contribution in [0.15, 0.2) is 60.7 Å². The zero-order chi connectivity index (χ0) is 16.2. The predicted molar refractivity (Wildman–Crippen MR) is 96.7 cm³/mol. The van der Waals surface area contributed by atoms with E-state index in [-0.39, 0.29) is 6.10 Å². The summed E-state index contributed by atoms with van der Waals surface area (Å²) in [6.07, 6.45) is 2.23. The third-order valence-corrected chi connectivity index (χ3v) is 4.78. The van der Waals surface area contributed by atoms with E-state index in [9.17, 15) is 0 Å². The number of hydrogen-bond donors (Lipinski definition) is 0. The highest BCUT2D eigenvalue weighted by atomic mass is 32.1. The van der Waals surface area contributed by atoms with Crippen LogP contribution in [0.1, 0.15) is 30.1 Å². The second-order valence-corrected chi connectivity index (χ2v) is 6.43. The number of benzene rings is 2. The molecular formula is C19H19N3OS. The summed E-state index contributed by atoms with van der Waals surface area (Å²) in [5, 5.41) is 0. The number of rotatable bonds is 5. The van der Waals surface area contributed by atoms with Gasteiger partial charge in [-0.05, 0) is 24.0 Å². The Morgan fingerprint density at radius 3 is 2.00 bits per heavy atom. The average molecular weight is 337 g/mol. The van der Waals surface area contributed by atoms with Crippen LogP contribution in [0.4, 0.5) is 5.82 Å². The van der Waals surface area contributed by atoms with Crippen LogP contribution < -0.4 is 9.64 Å². The molecule has 2 aromatic carbocycles. The molecule has 0 unspecified atom stereocenters. The first-order chi connectivity index (χ1) is 11.9. The molecule has 24 heavy (non-hydrogen) atoms. The predicted octanol–water partition coefficient (Wildman–Crippen LogP) is 4.31. The largest absolute Gasteiger partial charge is 0.461 e. The second-order valence-electron chi connectivity index (χ2n) is 5.91. The molecule has 2 heterocycles. The van der Waals surface area contributed by atoms with Crippen LogP contribution in [0.5, 0.6) is 5.88 Å². The standard InChI is InChI=1S/C19H19N3OS/c1-3-9-15(10-4-1)17(16-11-5-2-6-12-16)23-19-18(20-24-21-19)22-13-7-8-14-22/h1-6,9-12,17H,7-8,13-14H2. The van der Waals surface area contributed by atoms with Crippen LogP contribution in [0.2, 0.25) is 0 Å². The van der Waals surface area contributed by atoms with Gasteiger partial charge in [0.25, 0.3) is 5.88 Å². The maximum Gasteiger partial charge on any atom is 0.271 e. The zero-order valence-electron chi connectivity index (χ0n) is 13.3. The smallest absolute Gasteiger partial charge is 0.271 e. The van der Waals surface area contributed by atoms with E-state index in [2.05, 4.69) is 37.9 Å². The van der Waals surface area contributed by atoms with Crippen molar-refractivity contribution < 1.29 is 4.74 Å². The van der Waals surface area contributed by atoms with Gasteiger partial charge in [-0.1, -0.05) is 60.7 Å². The van der Waals surface area contributed by atoms with Crippen molar-refractivity contribution in [2.75, 3.05) is 18.0 Å². The molecule has 1 aromatic heterocycles. The van der Waals surface area contributed by atoms with Gasteiger partial charge in [0, 0.05) is 13.1 Å². The molecule has 5 heteroatoms. The summed E-state index contributed by atoms with van der Waals surface area (Å²) >= 11 is 1.22. The van der Waals surface area contributed by atoms with Crippen molar-refractivity contribution >= 4 is 17.5 Å². The van der Waals surface area contributed by atoms with E-state index in [0.29, 0.717) is 5.88 Å². The maximum absolute atomic E-state index is 6.37. The van der Waals surface area contributed by atoms with E-state index in [0.717, 1.165) is 30.0 Å². The van der Waals surface area contributed by atoms with Gasteiger partial charge in [0.15, 0.2) is 6.10 Å². The summed E-state index contributed by atoms with van der Waals surface area (Å²) in [7, 11) is 0. The van der Waals surface area contributed by atoms with Crippen LogP contribution in [0.25, 0.3) is 0 Å². The lowest BCUT2D eigenvalue weighted by Gasteiger charge is -2.21. The Kier molecular flexibility index (Phi) is 4.42. The minimum atomic E-state index is -0.183. The molecule has 1 aliphatic rings. The Morgan fingerprint density at radius 2 is 1.42 bits per heavy atom. The van der Waals surface area contributed by atoms with Crippen LogP contribution in [-0.2, 0) is 0 Å². The molecule has 0 atom stereocenters. The molecule has 1 saturated heterocycles. The molecule has 0 radical (unpaired) electrons. The molecule has 1 aliphatic heterocycles. The van der Waals surface area contributed by atoms with E-state index >= 15 is 0 Å². The van der Waals surface area contributed by atoms with Crippen molar-refractivity contribution in [3.05, 3.63) is 71.8 Å². The van der Waals surface area contributed by atoms with Gasteiger partial charge in [0.1, 0.15) is 0 Å². The van der Waals surface area contributed by atoms with Crippen molar-refractivity contribution in [2.45, 2.75) is 18.9 Å². The van der Waals surface area contributed by atoms with E-state index < -0.39 is 0 Å². The minimum absolute atomic E-state index is 0.183. The van der Waals surface area contributed by atoms with Crippen molar-refractivity contribution in [1.29, 1.82) is 0 Å². The third-order valence-electron chi connectivity index (χ3n) is 4.28. The first-order valence-electron chi connectivity index (χ1n) is 8.26. The van der Waals surface area contributed by atoms with E-state index in [1.807, 2.05) is 36.4 Å². The fourth-order valence-corrected chi connectivity index (χ4v) is 3.58. The van der Waals surface area contributed by atoms with E-state index in [1.54, 1.807) is 0 Å².